The molecule has 0 aromatic heterocycles. The Balaban J connectivity index is 2.02. The lowest BCUT2D eigenvalue weighted by atomic mass is 9.78. The van der Waals surface area contributed by atoms with Crippen LogP contribution in [-0.2, 0) is 10.2 Å². The van der Waals surface area contributed by atoms with Crippen molar-refractivity contribution in [3.05, 3.63) is 35.6 Å². The Bertz CT molecular complexity index is 466. The molecule has 0 heterocycles. The van der Waals surface area contributed by atoms with Crippen molar-refractivity contribution in [1.29, 1.82) is 0 Å². The van der Waals surface area contributed by atoms with Gasteiger partial charge in [-0.1, -0.05) is 51.2 Å². The van der Waals surface area contributed by atoms with E-state index in [1.165, 1.54) is 25.0 Å². The molecule has 1 aromatic rings. The minimum atomic E-state index is -0.507. The van der Waals surface area contributed by atoms with Gasteiger partial charge in [0.1, 0.15) is 5.82 Å². The number of unbranched alkanes of at least 4 members (excludes halogenated alkanes) is 3. The van der Waals surface area contributed by atoms with Crippen LogP contribution in [0.1, 0.15) is 63.9 Å². The van der Waals surface area contributed by atoms with E-state index in [0.717, 1.165) is 50.6 Å². The Hall–Kier alpha value is -1.38. The number of carbonyl (C=O) groups is 1. The summed E-state index contributed by atoms with van der Waals surface area (Å²) in [6.07, 6.45) is 8.34. The molecule has 116 valence electrons. The Morgan fingerprint density at radius 2 is 2.00 bits per heavy atom. The SMILES string of the molecule is CCCCCCNC(=O)C1(c2cccc(F)c2)CCCC1. The van der Waals surface area contributed by atoms with Gasteiger partial charge in [-0.15, -0.1) is 0 Å². The number of nitrogens with one attached hydrogen (secondary N) is 1. The second-order valence-corrected chi connectivity index (χ2v) is 6.12. The fraction of sp³-hybridized carbons (Fsp3) is 0.611. The number of halogens is 1. The van der Waals surface area contributed by atoms with Gasteiger partial charge in [-0.25, -0.2) is 4.39 Å². The van der Waals surface area contributed by atoms with Crippen molar-refractivity contribution in [2.45, 2.75) is 63.7 Å². The van der Waals surface area contributed by atoms with Crippen LogP contribution in [0, 0.1) is 5.82 Å². The van der Waals surface area contributed by atoms with Crippen LogP contribution in [0.25, 0.3) is 0 Å². The maximum atomic E-state index is 13.5. The molecule has 0 aliphatic heterocycles. The van der Waals surface area contributed by atoms with Crippen LogP contribution < -0.4 is 5.32 Å². The molecule has 0 spiro atoms. The Kier molecular flexibility index (Phi) is 5.77. The fourth-order valence-electron chi connectivity index (χ4n) is 3.33. The first-order valence-electron chi connectivity index (χ1n) is 8.23. The average Bonchev–Trinajstić information content (AvgIpc) is 2.98. The summed E-state index contributed by atoms with van der Waals surface area (Å²) in [5.74, 6) is -0.170. The predicted molar refractivity (Wildman–Crippen MR) is 83.7 cm³/mol. The van der Waals surface area contributed by atoms with Gasteiger partial charge in [0.2, 0.25) is 5.91 Å². The minimum absolute atomic E-state index is 0.0853. The maximum absolute atomic E-state index is 13.5. The summed E-state index contributed by atoms with van der Waals surface area (Å²) in [4.78, 5) is 12.7. The molecule has 21 heavy (non-hydrogen) atoms. The van der Waals surface area contributed by atoms with E-state index in [2.05, 4.69) is 12.2 Å². The van der Waals surface area contributed by atoms with Gasteiger partial charge in [0, 0.05) is 6.54 Å². The van der Waals surface area contributed by atoms with Crippen LogP contribution in [-0.4, -0.2) is 12.5 Å². The first-order chi connectivity index (χ1) is 10.2. The topological polar surface area (TPSA) is 29.1 Å². The van der Waals surface area contributed by atoms with Crippen LogP contribution in [0.2, 0.25) is 0 Å². The van der Waals surface area contributed by atoms with Crippen LogP contribution in [0.5, 0.6) is 0 Å². The van der Waals surface area contributed by atoms with E-state index in [-0.39, 0.29) is 11.7 Å². The normalized spacial score (nSPS) is 16.9. The molecule has 0 bridgehead atoms. The molecule has 0 unspecified atom stereocenters. The van der Waals surface area contributed by atoms with Crippen molar-refractivity contribution in [3.8, 4) is 0 Å². The summed E-state index contributed by atoms with van der Waals surface area (Å²) in [5.41, 5.74) is 0.332. The highest BCUT2D eigenvalue weighted by Gasteiger charge is 2.42. The molecular weight excluding hydrogens is 265 g/mol. The summed E-state index contributed by atoms with van der Waals surface area (Å²) in [6, 6.07) is 6.57. The van der Waals surface area contributed by atoms with Gasteiger partial charge in [-0.2, -0.15) is 0 Å². The van der Waals surface area contributed by atoms with Crippen molar-refractivity contribution in [1.82, 2.24) is 5.32 Å². The smallest absolute Gasteiger partial charge is 0.230 e. The molecule has 1 aliphatic carbocycles. The Morgan fingerprint density at radius 3 is 2.67 bits per heavy atom. The second-order valence-electron chi connectivity index (χ2n) is 6.12. The van der Waals surface area contributed by atoms with E-state index >= 15 is 0 Å². The van der Waals surface area contributed by atoms with Crippen LogP contribution in [0.3, 0.4) is 0 Å². The molecule has 0 atom stereocenters. The molecule has 1 aliphatic rings. The van der Waals surface area contributed by atoms with Gasteiger partial charge in [0.05, 0.1) is 5.41 Å². The number of carbonyl (C=O) groups excluding carboxylic acids is 1. The van der Waals surface area contributed by atoms with Crippen LogP contribution in [0.15, 0.2) is 24.3 Å². The van der Waals surface area contributed by atoms with Crippen molar-refractivity contribution < 1.29 is 9.18 Å². The van der Waals surface area contributed by atoms with Crippen molar-refractivity contribution in [3.63, 3.8) is 0 Å². The molecule has 1 fully saturated rings. The lowest BCUT2D eigenvalue weighted by Gasteiger charge is -2.28. The molecule has 3 heteroatoms. The monoisotopic (exact) mass is 291 g/mol. The Morgan fingerprint density at radius 1 is 1.24 bits per heavy atom. The summed E-state index contributed by atoms with van der Waals surface area (Å²) in [5, 5.41) is 3.08. The highest BCUT2D eigenvalue weighted by atomic mass is 19.1. The van der Waals surface area contributed by atoms with Gasteiger partial charge >= 0.3 is 0 Å². The maximum Gasteiger partial charge on any atom is 0.230 e. The number of amides is 1. The van der Waals surface area contributed by atoms with E-state index < -0.39 is 5.41 Å². The highest BCUT2D eigenvalue weighted by molar-refractivity contribution is 5.88. The van der Waals surface area contributed by atoms with Crippen molar-refractivity contribution in [2.24, 2.45) is 0 Å². The van der Waals surface area contributed by atoms with Gasteiger partial charge in [0.15, 0.2) is 0 Å². The van der Waals surface area contributed by atoms with Crippen LogP contribution >= 0.6 is 0 Å². The highest BCUT2D eigenvalue weighted by Crippen LogP contribution is 2.41. The van der Waals surface area contributed by atoms with Crippen molar-refractivity contribution in [2.75, 3.05) is 6.54 Å². The Labute approximate surface area is 127 Å². The van der Waals surface area contributed by atoms with Gasteiger partial charge < -0.3 is 5.32 Å². The average molecular weight is 291 g/mol. The third-order valence-electron chi connectivity index (χ3n) is 4.58. The zero-order chi connectivity index (χ0) is 15.1. The molecule has 1 aromatic carbocycles. The molecule has 2 rings (SSSR count). The van der Waals surface area contributed by atoms with E-state index in [0.29, 0.717) is 0 Å². The molecule has 1 saturated carbocycles. The largest absolute Gasteiger partial charge is 0.355 e. The molecule has 0 radical (unpaired) electrons. The molecule has 0 saturated heterocycles. The first kappa shape index (κ1) is 16.0. The van der Waals surface area contributed by atoms with E-state index in [4.69, 9.17) is 0 Å². The van der Waals surface area contributed by atoms with Gasteiger partial charge in [-0.05, 0) is 37.0 Å². The van der Waals surface area contributed by atoms with Crippen LogP contribution in [0.4, 0.5) is 4.39 Å². The zero-order valence-electron chi connectivity index (χ0n) is 13.0. The van der Waals surface area contributed by atoms with E-state index in [1.54, 1.807) is 6.07 Å². The zero-order valence-corrected chi connectivity index (χ0v) is 13.0. The van der Waals surface area contributed by atoms with Gasteiger partial charge in [0.25, 0.3) is 0 Å². The first-order valence-corrected chi connectivity index (χ1v) is 8.23. The summed E-state index contributed by atoms with van der Waals surface area (Å²) in [6.45, 7) is 2.91. The molecule has 1 amide bonds. The lowest BCUT2D eigenvalue weighted by molar-refractivity contribution is -0.126. The standard InChI is InChI=1S/C18H26FNO/c1-2-3-4-7-13-20-17(21)18(11-5-6-12-18)15-9-8-10-16(19)14-15/h8-10,14H,2-7,11-13H2,1H3,(H,20,21). The number of benzene rings is 1. The predicted octanol–water partition coefficient (Wildman–Crippen LogP) is 4.33. The number of rotatable bonds is 7. The van der Waals surface area contributed by atoms with Crippen molar-refractivity contribution >= 4 is 5.91 Å². The number of hydrogen-bond acceptors (Lipinski definition) is 1. The molecule has 1 N–H and O–H groups in total. The summed E-state index contributed by atoms with van der Waals surface area (Å²) < 4.78 is 13.5. The van der Waals surface area contributed by atoms with E-state index in [1.807, 2.05) is 6.07 Å². The third kappa shape index (κ3) is 3.84. The quantitative estimate of drug-likeness (QED) is 0.744. The van der Waals surface area contributed by atoms with Gasteiger partial charge in [-0.3, -0.25) is 4.79 Å². The van der Waals surface area contributed by atoms with E-state index in [9.17, 15) is 9.18 Å². The second kappa shape index (κ2) is 7.58. The molecular formula is C18H26FNO. The number of hydrogen-bond donors (Lipinski definition) is 1. The fourth-order valence-corrected chi connectivity index (χ4v) is 3.33. The third-order valence-corrected chi connectivity index (χ3v) is 4.58. The summed E-state index contributed by atoms with van der Waals surface area (Å²) >= 11 is 0. The lowest BCUT2D eigenvalue weighted by Crippen LogP contribution is -2.43. The summed E-state index contributed by atoms with van der Waals surface area (Å²) in [7, 11) is 0. The minimum Gasteiger partial charge on any atom is -0.355 e. The molecule has 2 nitrogen and oxygen atoms in total.